The van der Waals surface area contributed by atoms with Crippen LogP contribution in [0.25, 0.3) is 10.2 Å². The molecule has 0 bridgehead atoms. The van der Waals surface area contributed by atoms with Gasteiger partial charge in [0.2, 0.25) is 0 Å². The van der Waals surface area contributed by atoms with Gasteiger partial charge in [0.05, 0.1) is 22.6 Å². The number of nitrogens with zero attached hydrogens (tertiary/aromatic N) is 2. The fourth-order valence-corrected chi connectivity index (χ4v) is 4.86. The van der Waals surface area contributed by atoms with Crippen LogP contribution in [0.2, 0.25) is 0 Å². The summed E-state index contributed by atoms with van der Waals surface area (Å²) in [6, 6.07) is 16.2. The number of aromatic nitrogens is 1. The minimum atomic E-state index is -0.336. The van der Waals surface area contributed by atoms with Gasteiger partial charge in [0.15, 0.2) is 4.80 Å². The minimum absolute atomic E-state index is 0.0398. The topological polar surface area (TPSA) is 60.7 Å². The SMILES string of the molecule is CCOC(=O)Cn1c(=NC(=O)CSCc2ccccc2)sc2cc(C(C)C)ccc21. The van der Waals surface area contributed by atoms with Crippen LogP contribution in [0.1, 0.15) is 37.8 Å². The minimum Gasteiger partial charge on any atom is -0.465 e. The van der Waals surface area contributed by atoms with E-state index in [2.05, 4.69) is 31.0 Å². The summed E-state index contributed by atoms with van der Waals surface area (Å²) in [5, 5.41) is 0. The van der Waals surface area contributed by atoms with Gasteiger partial charge in [0.25, 0.3) is 5.91 Å². The highest BCUT2D eigenvalue weighted by Crippen LogP contribution is 2.23. The molecule has 0 fully saturated rings. The molecule has 1 heterocycles. The molecule has 0 spiro atoms. The number of carbonyl (C=O) groups is 2. The molecule has 3 aromatic rings. The van der Waals surface area contributed by atoms with Crippen molar-refractivity contribution in [3.8, 4) is 0 Å². The Morgan fingerprint density at radius 3 is 2.63 bits per heavy atom. The standard InChI is InChI=1S/C23H26N2O3S2/c1-4-28-22(27)13-25-19-11-10-18(16(2)3)12-20(19)30-23(25)24-21(26)15-29-14-17-8-6-5-7-9-17/h5-12,16H,4,13-15H2,1-3H3. The largest absolute Gasteiger partial charge is 0.465 e. The van der Waals surface area contributed by atoms with Crippen molar-refractivity contribution in [3.63, 3.8) is 0 Å². The number of thioether (sulfide) groups is 1. The highest BCUT2D eigenvalue weighted by Gasteiger charge is 2.13. The number of amides is 1. The lowest BCUT2D eigenvalue weighted by Gasteiger charge is -2.07. The van der Waals surface area contributed by atoms with Gasteiger partial charge < -0.3 is 9.30 Å². The number of hydrogen-bond donors (Lipinski definition) is 0. The van der Waals surface area contributed by atoms with Gasteiger partial charge in [-0.3, -0.25) is 9.59 Å². The van der Waals surface area contributed by atoms with Crippen molar-refractivity contribution in [2.24, 2.45) is 4.99 Å². The van der Waals surface area contributed by atoms with E-state index in [1.807, 2.05) is 36.4 Å². The first-order valence-electron chi connectivity index (χ1n) is 9.96. The van der Waals surface area contributed by atoms with Gasteiger partial charge in [-0.05, 0) is 36.1 Å². The molecule has 0 saturated heterocycles. The summed E-state index contributed by atoms with van der Waals surface area (Å²) in [7, 11) is 0. The second-order valence-electron chi connectivity index (χ2n) is 7.14. The predicted molar refractivity (Wildman–Crippen MR) is 124 cm³/mol. The Hall–Kier alpha value is -2.38. The van der Waals surface area contributed by atoms with Gasteiger partial charge in [-0.25, -0.2) is 0 Å². The Morgan fingerprint density at radius 1 is 1.17 bits per heavy atom. The Morgan fingerprint density at radius 2 is 1.93 bits per heavy atom. The van der Waals surface area contributed by atoms with E-state index in [1.54, 1.807) is 11.5 Å². The van der Waals surface area contributed by atoms with Crippen LogP contribution in [0.3, 0.4) is 0 Å². The van der Waals surface area contributed by atoms with Crippen molar-refractivity contribution in [1.29, 1.82) is 0 Å². The average molecular weight is 443 g/mol. The summed E-state index contributed by atoms with van der Waals surface area (Å²) in [6.45, 7) is 6.42. The van der Waals surface area contributed by atoms with Crippen molar-refractivity contribution < 1.29 is 14.3 Å². The molecule has 0 aliphatic carbocycles. The Kier molecular flexibility index (Phi) is 7.87. The van der Waals surface area contributed by atoms with Crippen LogP contribution < -0.4 is 4.80 Å². The summed E-state index contributed by atoms with van der Waals surface area (Å²) < 4.78 is 7.90. The van der Waals surface area contributed by atoms with E-state index in [-0.39, 0.29) is 18.4 Å². The molecule has 0 radical (unpaired) electrons. The summed E-state index contributed by atoms with van der Waals surface area (Å²) in [4.78, 5) is 29.5. The van der Waals surface area contributed by atoms with E-state index in [4.69, 9.17) is 4.74 Å². The summed E-state index contributed by atoms with van der Waals surface area (Å²) >= 11 is 2.97. The molecule has 0 unspecified atom stereocenters. The smallest absolute Gasteiger partial charge is 0.326 e. The fourth-order valence-electron chi connectivity index (χ4n) is 2.99. The van der Waals surface area contributed by atoms with Crippen LogP contribution in [0.15, 0.2) is 53.5 Å². The first-order chi connectivity index (χ1) is 14.5. The van der Waals surface area contributed by atoms with E-state index in [1.165, 1.54) is 34.2 Å². The monoisotopic (exact) mass is 442 g/mol. The maximum atomic E-state index is 12.5. The van der Waals surface area contributed by atoms with Crippen molar-refractivity contribution >= 4 is 45.2 Å². The molecule has 158 valence electrons. The lowest BCUT2D eigenvalue weighted by Crippen LogP contribution is -2.23. The molecule has 1 aromatic heterocycles. The molecule has 3 rings (SSSR count). The molecule has 0 N–H and O–H groups in total. The Labute approximate surface area is 184 Å². The number of fused-ring (bicyclic) bond motifs is 1. The molecule has 7 heteroatoms. The second-order valence-corrected chi connectivity index (χ2v) is 9.14. The molecular formula is C23H26N2O3S2. The normalized spacial score (nSPS) is 11.9. The van der Waals surface area contributed by atoms with Crippen LogP contribution in [0.5, 0.6) is 0 Å². The maximum Gasteiger partial charge on any atom is 0.326 e. The molecule has 30 heavy (non-hydrogen) atoms. The van der Waals surface area contributed by atoms with Gasteiger partial charge in [0.1, 0.15) is 6.54 Å². The Bertz CT molecular complexity index is 1080. The van der Waals surface area contributed by atoms with Crippen molar-refractivity contribution in [2.45, 2.75) is 39.0 Å². The third-order valence-electron chi connectivity index (χ3n) is 4.52. The number of thiazole rings is 1. The number of carbonyl (C=O) groups excluding carboxylic acids is 2. The number of hydrogen-bond acceptors (Lipinski definition) is 5. The highest BCUT2D eigenvalue weighted by molar-refractivity contribution is 7.99. The molecule has 0 saturated carbocycles. The summed E-state index contributed by atoms with van der Waals surface area (Å²) in [6.07, 6.45) is 0. The predicted octanol–water partition coefficient (Wildman–Crippen LogP) is 4.75. The maximum absolute atomic E-state index is 12.5. The van der Waals surface area contributed by atoms with Crippen molar-refractivity contribution in [1.82, 2.24) is 4.57 Å². The number of rotatable bonds is 8. The summed E-state index contributed by atoms with van der Waals surface area (Å²) in [5.41, 5.74) is 3.28. The molecule has 1 amide bonds. The van der Waals surface area contributed by atoms with Crippen molar-refractivity contribution in [2.75, 3.05) is 12.4 Å². The zero-order valence-electron chi connectivity index (χ0n) is 17.5. The first kappa shape index (κ1) is 22.3. The van der Waals surface area contributed by atoms with Gasteiger partial charge in [-0.2, -0.15) is 4.99 Å². The zero-order chi connectivity index (χ0) is 21.5. The molecule has 0 aliphatic rings. The molecule has 0 aliphatic heterocycles. The molecule has 0 atom stereocenters. The van der Waals surface area contributed by atoms with Crippen LogP contribution in [-0.4, -0.2) is 28.8 Å². The van der Waals surface area contributed by atoms with Gasteiger partial charge >= 0.3 is 5.97 Å². The van der Waals surface area contributed by atoms with Gasteiger partial charge in [-0.15, -0.1) is 11.8 Å². The third-order valence-corrected chi connectivity index (χ3v) is 6.55. The second kappa shape index (κ2) is 10.6. The molecule has 5 nitrogen and oxygen atoms in total. The third kappa shape index (κ3) is 5.83. The molecular weight excluding hydrogens is 416 g/mol. The van der Waals surface area contributed by atoms with Crippen molar-refractivity contribution in [3.05, 3.63) is 64.5 Å². The average Bonchev–Trinajstić information content (AvgIpc) is 3.05. The summed E-state index contributed by atoms with van der Waals surface area (Å²) in [5.74, 6) is 0.905. The Balaban J connectivity index is 1.85. The van der Waals surface area contributed by atoms with E-state index in [0.29, 0.717) is 23.1 Å². The molecule has 2 aromatic carbocycles. The zero-order valence-corrected chi connectivity index (χ0v) is 19.1. The van der Waals surface area contributed by atoms with Gasteiger partial charge in [0, 0.05) is 5.75 Å². The van der Waals surface area contributed by atoms with Crippen LogP contribution >= 0.6 is 23.1 Å². The fraction of sp³-hybridized carbons (Fsp3) is 0.348. The van der Waals surface area contributed by atoms with E-state index < -0.39 is 0 Å². The quantitative estimate of drug-likeness (QED) is 0.472. The number of ether oxygens (including phenoxy) is 1. The van der Waals surface area contributed by atoms with E-state index in [9.17, 15) is 9.59 Å². The lowest BCUT2D eigenvalue weighted by atomic mass is 10.0. The van der Waals surface area contributed by atoms with E-state index in [0.717, 1.165) is 16.0 Å². The highest BCUT2D eigenvalue weighted by atomic mass is 32.2. The lowest BCUT2D eigenvalue weighted by molar-refractivity contribution is -0.143. The van der Waals surface area contributed by atoms with Crippen LogP contribution in [-0.2, 0) is 26.6 Å². The van der Waals surface area contributed by atoms with E-state index >= 15 is 0 Å². The first-order valence-corrected chi connectivity index (χ1v) is 11.9. The van der Waals surface area contributed by atoms with Crippen LogP contribution in [0.4, 0.5) is 0 Å². The van der Waals surface area contributed by atoms with Gasteiger partial charge in [-0.1, -0.05) is 61.6 Å². The number of esters is 1. The number of benzene rings is 2. The van der Waals surface area contributed by atoms with Crippen LogP contribution in [0, 0.1) is 0 Å².